The van der Waals surface area contributed by atoms with Crippen LogP contribution < -0.4 is 5.73 Å². The van der Waals surface area contributed by atoms with Crippen molar-refractivity contribution in [2.45, 2.75) is 70.9 Å². The Labute approximate surface area is 94.6 Å². The van der Waals surface area contributed by atoms with Crippen molar-refractivity contribution in [2.24, 2.45) is 11.7 Å². The first-order chi connectivity index (χ1) is 7.06. The van der Waals surface area contributed by atoms with E-state index in [2.05, 4.69) is 13.8 Å². The summed E-state index contributed by atoms with van der Waals surface area (Å²) in [7, 11) is 0. The van der Waals surface area contributed by atoms with Gasteiger partial charge in [-0.15, -0.1) is 0 Å². The summed E-state index contributed by atoms with van der Waals surface area (Å²) < 4.78 is 5.71. The van der Waals surface area contributed by atoms with Crippen LogP contribution in [0.2, 0.25) is 0 Å². The van der Waals surface area contributed by atoms with Crippen LogP contribution in [0.4, 0.5) is 0 Å². The van der Waals surface area contributed by atoms with Gasteiger partial charge >= 0.3 is 0 Å². The van der Waals surface area contributed by atoms with Crippen LogP contribution in [0, 0.1) is 5.92 Å². The van der Waals surface area contributed by atoms with E-state index in [1.165, 1.54) is 32.1 Å². The van der Waals surface area contributed by atoms with Crippen LogP contribution in [0.3, 0.4) is 0 Å². The van der Waals surface area contributed by atoms with Crippen LogP contribution in [0.15, 0.2) is 0 Å². The molecule has 0 amide bonds. The van der Waals surface area contributed by atoms with E-state index in [0.29, 0.717) is 0 Å². The molecule has 2 N–H and O–H groups in total. The van der Waals surface area contributed by atoms with Crippen LogP contribution in [-0.2, 0) is 4.74 Å². The lowest BCUT2D eigenvalue weighted by Gasteiger charge is -2.34. The molecule has 1 rings (SSSR count). The molecule has 0 radical (unpaired) electrons. The van der Waals surface area contributed by atoms with Crippen LogP contribution in [0.25, 0.3) is 0 Å². The smallest absolute Gasteiger partial charge is 0.0776 e. The summed E-state index contributed by atoms with van der Waals surface area (Å²) in [6.45, 7) is 7.02. The maximum absolute atomic E-state index is 6.24. The Kier molecular flexibility index (Phi) is 5.07. The van der Waals surface area contributed by atoms with Crippen LogP contribution in [0.1, 0.15) is 59.3 Å². The molecule has 0 aromatic rings. The van der Waals surface area contributed by atoms with E-state index in [1.807, 2.05) is 6.92 Å². The van der Waals surface area contributed by atoms with Crippen molar-refractivity contribution >= 4 is 0 Å². The first kappa shape index (κ1) is 13.0. The first-order valence-corrected chi connectivity index (χ1v) is 6.45. The minimum atomic E-state index is -0.161. The lowest BCUT2D eigenvalue weighted by molar-refractivity contribution is -0.0349. The van der Waals surface area contributed by atoms with Crippen molar-refractivity contribution in [1.82, 2.24) is 0 Å². The Bertz CT molecular complexity index is 173. The summed E-state index contributed by atoms with van der Waals surface area (Å²) in [5.41, 5.74) is 6.08. The van der Waals surface area contributed by atoms with Gasteiger partial charge in [0, 0.05) is 12.6 Å². The predicted octanol–water partition coefficient (Wildman–Crippen LogP) is 3.10. The molecule has 1 saturated carbocycles. The molecule has 2 nitrogen and oxygen atoms in total. The van der Waals surface area contributed by atoms with Crippen molar-refractivity contribution in [3.63, 3.8) is 0 Å². The zero-order valence-electron chi connectivity index (χ0n) is 10.6. The zero-order valence-corrected chi connectivity index (χ0v) is 10.6. The highest BCUT2D eigenvalue weighted by molar-refractivity contribution is 4.85. The maximum atomic E-state index is 6.24. The van der Waals surface area contributed by atoms with Gasteiger partial charge < -0.3 is 10.5 Å². The van der Waals surface area contributed by atoms with Gasteiger partial charge in [0.1, 0.15) is 0 Å². The van der Waals surface area contributed by atoms with Crippen LogP contribution >= 0.6 is 0 Å². The summed E-state index contributed by atoms with van der Waals surface area (Å²) in [4.78, 5) is 0. The van der Waals surface area contributed by atoms with Gasteiger partial charge in [-0.3, -0.25) is 0 Å². The molecular weight excluding hydrogens is 186 g/mol. The van der Waals surface area contributed by atoms with Crippen molar-refractivity contribution in [1.29, 1.82) is 0 Å². The fourth-order valence-electron chi connectivity index (χ4n) is 2.54. The van der Waals surface area contributed by atoms with E-state index in [1.54, 1.807) is 0 Å². The van der Waals surface area contributed by atoms with Gasteiger partial charge in [-0.25, -0.2) is 0 Å². The molecular formula is C13H27NO. The molecule has 1 fully saturated rings. The first-order valence-electron chi connectivity index (χ1n) is 6.45. The summed E-state index contributed by atoms with van der Waals surface area (Å²) >= 11 is 0. The molecule has 1 aliphatic carbocycles. The number of nitrogens with two attached hydrogens (primary N) is 1. The lowest BCUT2D eigenvalue weighted by atomic mass is 9.81. The molecule has 0 saturated heterocycles. The lowest BCUT2D eigenvalue weighted by Crippen LogP contribution is -2.46. The molecule has 1 unspecified atom stereocenters. The third-order valence-electron chi connectivity index (χ3n) is 3.72. The summed E-state index contributed by atoms with van der Waals surface area (Å²) in [6.07, 6.45) is 8.08. The maximum Gasteiger partial charge on any atom is 0.0776 e. The normalized spacial score (nSPS) is 21.6. The molecule has 1 aliphatic rings. The molecule has 2 heteroatoms. The zero-order chi connectivity index (χ0) is 11.3. The summed E-state index contributed by atoms with van der Waals surface area (Å²) in [6, 6.07) is 0.181. The second kappa shape index (κ2) is 5.86. The fraction of sp³-hybridized carbons (Fsp3) is 1.00. The van der Waals surface area contributed by atoms with Gasteiger partial charge in [0.25, 0.3) is 0 Å². The van der Waals surface area contributed by atoms with Crippen LogP contribution in [-0.4, -0.2) is 18.2 Å². The Morgan fingerprint density at radius 3 is 2.40 bits per heavy atom. The second-order valence-corrected chi connectivity index (χ2v) is 5.38. The van der Waals surface area contributed by atoms with E-state index in [4.69, 9.17) is 10.5 Å². The largest absolute Gasteiger partial charge is 0.374 e. The summed E-state index contributed by atoms with van der Waals surface area (Å²) in [5.74, 6) is 0.841. The molecule has 0 heterocycles. The Morgan fingerprint density at radius 2 is 1.87 bits per heavy atom. The molecule has 0 spiro atoms. The minimum Gasteiger partial charge on any atom is -0.374 e. The van der Waals surface area contributed by atoms with Gasteiger partial charge in [-0.05, 0) is 33.1 Å². The topological polar surface area (TPSA) is 35.2 Å². The fourth-order valence-corrected chi connectivity index (χ4v) is 2.54. The predicted molar refractivity (Wildman–Crippen MR) is 64.9 cm³/mol. The van der Waals surface area contributed by atoms with E-state index in [0.717, 1.165) is 18.9 Å². The van der Waals surface area contributed by atoms with Gasteiger partial charge in [0.05, 0.1) is 5.60 Å². The van der Waals surface area contributed by atoms with E-state index >= 15 is 0 Å². The highest BCUT2D eigenvalue weighted by Crippen LogP contribution is 2.29. The average molecular weight is 213 g/mol. The Balaban J connectivity index is 2.35. The van der Waals surface area contributed by atoms with Gasteiger partial charge in [-0.1, -0.05) is 32.1 Å². The molecule has 90 valence electrons. The standard InChI is InChI=1S/C13H27NO/c1-4-15-13(2,3)12(14)10-11-8-6-5-7-9-11/h11-12H,4-10,14H2,1-3H3. The molecule has 0 aromatic carbocycles. The number of hydrogen-bond acceptors (Lipinski definition) is 2. The van der Waals surface area contributed by atoms with Crippen molar-refractivity contribution in [3.8, 4) is 0 Å². The number of rotatable bonds is 5. The highest BCUT2D eigenvalue weighted by atomic mass is 16.5. The third-order valence-corrected chi connectivity index (χ3v) is 3.72. The highest BCUT2D eigenvalue weighted by Gasteiger charge is 2.29. The number of hydrogen-bond donors (Lipinski definition) is 1. The van der Waals surface area contributed by atoms with E-state index < -0.39 is 0 Å². The van der Waals surface area contributed by atoms with Gasteiger partial charge in [0.2, 0.25) is 0 Å². The van der Waals surface area contributed by atoms with E-state index in [-0.39, 0.29) is 11.6 Å². The monoisotopic (exact) mass is 213 g/mol. The van der Waals surface area contributed by atoms with E-state index in [9.17, 15) is 0 Å². The van der Waals surface area contributed by atoms with Crippen molar-refractivity contribution < 1.29 is 4.74 Å². The minimum absolute atomic E-state index is 0.161. The molecule has 0 bridgehead atoms. The van der Waals surface area contributed by atoms with Crippen molar-refractivity contribution in [3.05, 3.63) is 0 Å². The average Bonchev–Trinajstić information content (AvgIpc) is 2.19. The van der Waals surface area contributed by atoms with Crippen molar-refractivity contribution in [2.75, 3.05) is 6.61 Å². The Hall–Kier alpha value is -0.0800. The van der Waals surface area contributed by atoms with Crippen LogP contribution in [0.5, 0.6) is 0 Å². The quantitative estimate of drug-likeness (QED) is 0.761. The summed E-state index contributed by atoms with van der Waals surface area (Å²) in [5, 5.41) is 0. The molecule has 15 heavy (non-hydrogen) atoms. The Morgan fingerprint density at radius 1 is 1.27 bits per heavy atom. The number of ether oxygens (including phenoxy) is 1. The molecule has 0 aromatic heterocycles. The molecule has 0 aliphatic heterocycles. The third kappa shape index (κ3) is 4.12. The van der Waals surface area contributed by atoms with Gasteiger partial charge in [0.15, 0.2) is 0 Å². The SMILES string of the molecule is CCOC(C)(C)C(N)CC1CCCCC1. The molecule has 1 atom stereocenters. The van der Waals surface area contributed by atoms with Gasteiger partial charge in [-0.2, -0.15) is 0 Å². The second-order valence-electron chi connectivity index (χ2n) is 5.38.